The van der Waals surface area contributed by atoms with Crippen LogP contribution in [0.25, 0.3) is 0 Å². The van der Waals surface area contributed by atoms with Crippen LogP contribution in [0, 0.1) is 0 Å². The average molecular weight is 1170 g/mol. The quantitative estimate of drug-likeness (QED) is 0.0632. The highest BCUT2D eigenvalue weighted by Gasteiger charge is 2.47. The van der Waals surface area contributed by atoms with Crippen LogP contribution in [0.1, 0.15) is 44.5 Å². The van der Waals surface area contributed by atoms with E-state index in [4.69, 9.17) is 0 Å². The van der Waals surface area contributed by atoms with E-state index in [0.717, 1.165) is 0 Å². The highest BCUT2D eigenvalue weighted by Crippen LogP contribution is 2.42. The van der Waals surface area contributed by atoms with Crippen LogP contribution in [0.3, 0.4) is 0 Å². The van der Waals surface area contributed by atoms with Gasteiger partial charge < -0.3 is 0 Å². The average Bonchev–Trinajstić information content (AvgIpc) is 3.36. The van der Waals surface area contributed by atoms with E-state index in [9.17, 15) is 105 Å². The SMILES string of the molecule is CSc1ccc([S+](c2ccccc2)c2ccccc2)cc1.FC(F)(F)c1cc([B-](c2cc(C(F)(F)F)cc(C(F)(F)F)c2)(c2cc(C(F)(F)F)cc(C(F)(F)F)c2)c2cc(C(F)(F)F)cc(C(F)(F)F)c2)cc(C(F)(F)F)c1. The molecule has 0 aromatic heterocycles. The predicted octanol–water partition coefficient (Wildman–Crippen LogP) is 16.7. The van der Waals surface area contributed by atoms with E-state index in [0.29, 0.717) is 0 Å². The highest BCUT2D eigenvalue weighted by atomic mass is 32.2. The molecule has 0 bridgehead atoms. The van der Waals surface area contributed by atoms with Crippen molar-refractivity contribution in [3.05, 3.63) is 202 Å². The van der Waals surface area contributed by atoms with Crippen molar-refractivity contribution in [2.45, 2.75) is 69.0 Å². The predicted molar refractivity (Wildman–Crippen MR) is 243 cm³/mol. The lowest BCUT2D eigenvalue weighted by molar-refractivity contribution is -0.144. The Balaban J connectivity index is 0.000000387. The molecule has 7 rings (SSSR count). The molecule has 7 aromatic carbocycles. The molecular formula is C51H29BF24S2. The maximum atomic E-state index is 14.2. The Morgan fingerprint density at radius 1 is 0.269 bits per heavy atom. The zero-order valence-electron chi connectivity index (χ0n) is 38.5. The molecule has 0 aliphatic rings. The Morgan fingerprint density at radius 3 is 0.641 bits per heavy atom. The second-order valence-corrected chi connectivity index (χ2v) is 19.7. The van der Waals surface area contributed by atoms with Crippen LogP contribution < -0.4 is 21.9 Å². The van der Waals surface area contributed by atoms with E-state index in [1.165, 1.54) is 19.6 Å². The molecule has 0 atom stereocenters. The lowest BCUT2D eigenvalue weighted by Crippen LogP contribution is -2.75. The third-order valence-corrected chi connectivity index (χ3v) is 14.7. The fourth-order valence-electron chi connectivity index (χ4n) is 8.30. The fourth-order valence-corrected chi connectivity index (χ4v) is 10.8. The third-order valence-electron chi connectivity index (χ3n) is 11.7. The summed E-state index contributed by atoms with van der Waals surface area (Å²) in [6.45, 7) is 0. The second kappa shape index (κ2) is 21.7. The molecule has 416 valence electrons. The molecule has 0 amide bonds. The van der Waals surface area contributed by atoms with Gasteiger partial charge in [-0.3, -0.25) is 0 Å². The highest BCUT2D eigenvalue weighted by molar-refractivity contribution is 7.98. The van der Waals surface area contributed by atoms with E-state index in [1.807, 2.05) is 0 Å². The number of thioether (sulfide) groups is 1. The summed E-state index contributed by atoms with van der Waals surface area (Å²) < 4.78 is 341. The monoisotopic (exact) mass is 1170 g/mol. The maximum absolute atomic E-state index is 14.2. The standard InChI is InChI=1S/C32H12BF24.C19H17S2/c34-25(35,36)13-1-14(26(37,38)39)6-21(5-13)33(22-7-15(27(40,41)42)2-16(8-22)28(43,44)45,23-9-17(29(46,47)48)3-18(10-23)30(49,50)51)24-11-19(31(52,53)54)4-20(12-24)32(55,56)57;1-20-16-12-14-19(15-13-16)21(17-8-4-2-5-9-17)18-10-6-3-7-11-18/h1-12H;2-15H,1H3/q-1;+1. The maximum Gasteiger partial charge on any atom is 0.416 e. The van der Waals surface area contributed by atoms with Gasteiger partial charge in [0.25, 0.3) is 0 Å². The molecule has 0 aliphatic heterocycles. The second-order valence-electron chi connectivity index (χ2n) is 16.8. The van der Waals surface area contributed by atoms with Crippen LogP contribution in [0.15, 0.2) is 177 Å². The zero-order valence-corrected chi connectivity index (χ0v) is 40.1. The fraction of sp³-hybridized carbons (Fsp3) is 0.176. The number of alkyl halides is 24. The molecule has 0 aliphatic carbocycles. The number of halogens is 24. The summed E-state index contributed by atoms with van der Waals surface area (Å²) in [4.78, 5) is 5.40. The first-order valence-corrected chi connectivity index (χ1v) is 23.9. The minimum atomic E-state index is -6.13. The molecule has 27 heteroatoms. The smallest absolute Gasteiger partial charge is 0.194 e. The Bertz CT molecular complexity index is 2730. The Hall–Kier alpha value is -6.38. The molecule has 0 N–H and O–H groups in total. The normalized spacial score (nSPS) is 13.4. The molecule has 0 saturated carbocycles. The zero-order chi connectivity index (χ0) is 58.4. The van der Waals surface area contributed by atoms with Gasteiger partial charge in [-0.25, -0.2) is 0 Å². The van der Waals surface area contributed by atoms with Crippen molar-refractivity contribution >= 4 is 50.7 Å². The van der Waals surface area contributed by atoms with Gasteiger partial charge in [0.05, 0.1) is 55.4 Å². The molecule has 78 heavy (non-hydrogen) atoms. The van der Waals surface area contributed by atoms with Crippen LogP contribution in [-0.2, 0) is 60.3 Å². The first-order valence-electron chi connectivity index (χ1n) is 21.5. The van der Waals surface area contributed by atoms with Gasteiger partial charge in [0.1, 0.15) is 6.15 Å². The Labute approximate surface area is 432 Å². The summed E-state index contributed by atoms with van der Waals surface area (Å²) >= 11 is 1.78. The van der Waals surface area contributed by atoms with Crippen molar-refractivity contribution in [1.29, 1.82) is 0 Å². The Morgan fingerprint density at radius 2 is 0.462 bits per heavy atom. The van der Waals surface area contributed by atoms with Crippen molar-refractivity contribution < 1.29 is 105 Å². The van der Waals surface area contributed by atoms with Crippen LogP contribution >= 0.6 is 11.8 Å². The summed E-state index contributed by atoms with van der Waals surface area (Å²) in [5.41, 5.74) is -30.2. The Kier molecular flexibility index (Phi) is 16.9. The van der Waals surface area contributed by atoms with Crippen molar-refractivity contribution in [3.63, 3.8) is 0 Å². The first-order chi connectivity index (χ1) is 35.6. The van der Waals surface area contributed by atoms with Gasteiger partial charge in [-0.05, 0) is 79.1 Å². The minimum Gasteiger partial charge on any atom is -0.194 e. The van der Waals surface area contributed by atoms with Gasteiger partial charge in [-0.2, -0.15) is 127 Å². The van der Waals surface area contributed by atoms with Crippen molar-refractivity contribution in [2.75, 3.05) is 6.26 Å². The molecule has 7 aromatic rings. The summed E-state index contributed by atoms with van der Waals surface area (Å²) in [6, 6.07) is 21.6. The van der Waals surface area contributed by atoms with Crippen LogP contribution in [-0.4, -0.2) is 12.4 Å². The van der Waals surface area contributed by atoms with Gasteiger partial charge >= 0.3 is 49.4 Å². The van der Waals surface area contributed by atoms with Gasteiger partial charge in [0, 0.05) is 4.90 Å². The van der Waals surface area contributed by atoms with Gasteiger partial charge in [0.2, 0.25) is 0 Å². The first kappa shape index (κ1) is 60.8. The number of rotatable bonds is 8. The summed E-state index contributed by atoms with van der Waals surface area (Å²) in [6.07, 6.45) is -52.7. The number of hydrogen-bond donors (Lipinski definition) is 0. The summed E-state index contributed by atoms with van der Waals surface area (Å²) in [5, 5.41) is 0. The molecular weight excluding hydrogens is 1140 g/mol. The van der Waals surface area contributed by atoms with Gasteiger partial charge in [-0.1, -0.05) is 84.9 Å². The van der Waals surface area contributed by atoms with E-state index >= 15 is 0 Å². The van der Waals surface area contributed by atoms with E-state index in [1.54, 1.807) is 11.8 Å². The molecule has 0 spiro atoms. The number of benzene rings is 7. The van der Waals surface area contributed by atoms with E-state index in [-0.39, 0.29) is 10.9 Å². The molecule has 0 fully saturated rings. The van der Waals surface area contributed by atoms with Crippen molar-refractivity contribution in [2.24, 2.45) is 0 Å². The summed E-state index contributed by atoms with van der Waals surface area (Å²) in [5.74, 6) is 0. The van der Waals surface area contributed by atoms with Gasteiger partial charge in [-0.15, -0.1) is 11.8 Å². The summed E-state index contributed by atoms with van der Waals surface area (Å²) in [7, 11) is -0.0341. The van der Waals surface area contributed by atoms with E-state index in [2.05, 4.69) is 91.2 Å². The van der Waals surface area contributed by atoms with Crippen molar-refractivity contribution in [1.82, 2.24) is 0 Å². The van der Waals surface area contributed by atoms with Crippen LogP contribution in [0.4, 0.5) is 105 Å². The lowest BCUT2D eigenvalue weighted by atomic mass is 9.12. The molecule has 0 nitrogen and oxygen atoms in total. The van der Waals surface area contributed by atoms with Crippen molar-refractivity contribution in [3.8, 4) is 0 Å². The van der Waals surface area contributed by atoms with Gasteiger partial charge in [0.15, 0.2) is 14.7 Å². The van der Waals surface area contributed by atoms with E-state index < -0.39 is 195 Å². The molecule has 0 heterocycles. The van der Waals surface area contributed by atoms with Crippen LogP contribution in [0.5, 0.6) is 0 Å². The van der Waals surface area contributed by atoms with Crippen LogP contribution in [0.2, 0.25) is 0 Å². The molecule has 0 radical (unpaired) electrons. The third kappa shape index (κ3) is 13.9. The topological polar surface area (TPSA) is 0 Å². The minimum absolute atomic E-state index is 0.0341. The lowest BCUT2D eigenvalue weighted by Gasteiger charge is -2.46. The molecule has 0 saturated heterocycles. The molecule has 0 unspecified atom stereocenters. The largest absolute Gasteiger partial charge is 0.416 e. The number of hydrogen-bond acceptors (Lipinski definition) is 1.